The quantitative estimate of drug-likeness (QED) is 0.849. The molecule has 1 heterocycles. The zero-order chi connectivity index (χ0) is 11.5. The van der Waals surface area contributed by atoms with Crippen LogP contribution in [0.3, 0.4) is 0 Å². The lowest BCUT2D eigenvalue weighted by atomic mass is 10.2. The van der Waals surface area contributed by atoms with E-state index in [4.69, 9.17) is 0 Å². The molecule has 0 atom stereocenters. The summed E-state index contributed by atoms with van der Waals surface area (Å²) in [5, 5.41) is 1.84. The highest BCUT2D eigenvalue weighted by Crippen LogP contribution is 2.27. The molecule has 0 aliphatic rings. The average molecular weight is 306 g/mol. The average Bonchev–Trinajstić information content (AvgIpc) is 2.64. The number of alkyl halides is 2. The van der Waals surface area contributed by atoms with Crippen molar-refractivity contribution in [2.75, 3.05) is 0 Å². The molecule has 2 aromatic rings. The predicted molar refractivity (Wildman–Crippen MR) is 61.9 cm³/mol. The van der Waals surface area contributed by atoms with Crippen LogP contribution in [0.1, 0.15) is 0 Å². The standard InChI is InChI=1S/C10H6BrF2NOS/c11-9-14-8(5-16-9)6-2-1-3-7(4-6)15-10(12)13/h1-5,10H. The van der Waals surface area contributed by atoms with E-state index in [-0.39, 0.29) is 5.75 Å². The van der Waals surface area contributed by atoms with Gasteiger partial charge in [-0.3, -0.25) is 0 Å². The molecule has 0 unspecified atom stereocenters. The minimum Gasteiger partial charge on any atom is -0.435 e. The van der Waals surface area contributed by atoms with Crippen molar-refractivity contribution in [3.05, 3.63) is 33.6 Å². The first-order valence-corrected chi connectivity index (χ1v) is 5.98. The van der Waals surface area contributed by atoms with Crippen molar-refractivity contribution >= 4 is 27.3 Å². The highest BCUT2D eigenvalue weighted by molar-refractivity contribution is 9.11. The van der Waals surface area contributed by atoms with Crippen LogP contribution in [0.15, 0.2) is 33.6 Å². The normalized spacial score (nSPS) is 10.8. The third kappa shape index (κ3) is 2.76. The second kappa shape index (κ2) is 4.88. The van der Waals surface area contributed by atoms with Crippen molar-refractivity contribution in [2.45, 2.75) is 6.61 Å². The van der Waals surface area contributed by atoms with Crippen molar-refractivity contribution in [1.29, 1.82) is 0 Å². The van der Waals surface area contributed by atoms with E-state index in [1.54, 1.807) is 12.1 Å². The highest BCUT2D eigenvalue weighted by atomic mass is 79.9. The maximum absolute atomic E-state index is 12.0. The van der Waals surface area contributed by atoms with Crippen LogP contribution in [-0.2, 0) is 0 Å². The predicted octanol–water partition coefficient (Wildman–Crippen LogP) is 4.17. The number of aromatic nitrogens is 1. The molecule has 0 spiro atoms. The molecule has 1 aromatic carbocycles. The number of hydrogen-bond donors (Lipinski definition) is 0. The number of nitrogens with zero attached hydrogens (tertiary/aromatic N) is 1. The van der Waals surface area contributed by atoms with Gasteiger partial charge in [0.1, 0.15) is 5.75 Å². The molecule has 0 fully saturated rings. The first-order valence-electron chi connectivity index (χ1n) is 4.31. The van der Waals surface area contributed by atoms with Crippen molar-refractivity contribution in [3.8, 4) is 17.0 Å². The van der Waals surface area contributed by atoms with Crippen molar-refractivity contribution < 1.29 is 13.5 Å². The smallest absolute Gasteiger partial charge is 0.387 e. The summed E-state index contributed by atoms with van der Waals surface area (Å²) in [6.07, 6.45) is 0. The van der Waals surface area contributed by atoms with Crippen LogP contribution in [0.25, 0.3) is 11.3 Å². The molecular weight excluding hydrogens is 300 g/mol. The van der Waals surface area contributed by atoms with E-state index in [1.807, 2.05) is 5.38 Å². The summed E-state index contributed by atoms with van der Waals surface area (Å²) in [6.45, 7) is -2.81. The van der Waals surface area contributed by atoms with Crippen LogP contribution >= 0.6 is 27.3 Å². The molecule has 2 rings (SSSR count). The molecule has 0 aliphatic heterocycles. The van der Waals surface area contributed by atoms with Gasteiger partial charge < -0.3 is 4.74 Å². The molecule has 2 nitrogen and oxygen atoms in total. The summed E-state index contributed by atoms with van der Waals surface area (Å²) < 4.78 is 29.1. The fourth-order valence-electron chi connectivity index (χ4n) is 1.22. The number of thiazole rings is 1. The SMILES string of the molecule is FC(F)Oc1cccc(-c2csc(Br)n2)c1. The van der Waals surface area contributed by atoms with E-state index >= 15 is 0 Å². The van der Waals surface area contributed by atoms with Crippen LogP contribution in [0.5, 0.6) is 5.75 Å². The fourth-order valence-corrected chi connectivity index (χ4v) is 2.24. The van der Waals surface area contributed by atoms with E-state index in [0.29, 0.717) is 0 Å². The second-order valence-corrected chi connectivity index (χ2v) is 5.03. The Labute approximate surface area is 103 Å². The lowest BCUT2D eigenvalue weighted by Crippen LogP contribution is -2.01. The molecule has 0 aliphatic carbocycles. The van der Waals surface area contributed by atoms with E-state index in [9.17, 15) is 8.78 Å². The Kier molecular flexibility index (Phi) is 3.50. The number of benzene rings is 1. The van der Waals surface area contributed by atoms with Gasteiger partial charge in [-0.25, -0.2) is 4.98 Å². The van der Waals surface area contributed by atoms with Gasteiger partial charge in [-0.15, -0.1) is 11.3 Å². The minimum absolute atomic E-state index is 0.136. The first-order chi connectivity index (χ1) is 7.65. The van der Waals surface area contributed by atoms with E-state index in [0.717, 1.165) is 15.2 Å². The van der Waals surface area contributed by atoms with Gasteiger partial charge in [0.05, 0.1) is 5.69 Å². The fraction of sp³-hybridized carbons (Fsp3) is 0.100. The molecule has 0 bridgehead atoms. The largest absolute Gasteiger partial charge is 0.435 e. The molecule has 0 saturated carbocycles. The highest BCUT2D eigenvalue weighted by Gasteiger charge is 2.07. The van der Waals surface area contributed by atoms with Gasteiger partial charge in [-0.1, -0.05) is 12.1 Å². The molecular formula is C10H6BrF2NOS. The Morgan fingerprint density at radius 2 is 2.19 bits per heavy atom. The van der Waals surface area contributed by atoms with E-state index < -0.39 is 6.61 Å². The zero-order valence-electron chi connectivity index (χ0n) is 7.86. The van der Waals surface area contributed by atoms with E-state index in [2.05, 4.69) is 25.7 Å². The summed E-state index contributed by atoms with van der Waals surface area (Å²) >= 11 is 4.68. The summed E-state index contributed by atoms with van der Waals surface area (Å²) in [5.41, 5.74) is 1.48. The maximum Gasteiger partial charge on any atom is 0.387 e. The van der Waals surface area contributed by atoms with Gasteiger partial charge in [0, 0.05) is 10.9 Å². The Hall–Kier alpha value is -1.01. The van der Waals surface area contributed by atoms with Crippen LogP contribution in [0.2, 0.25) is 0 Å². The summed E-state index contributed by atoms with van der Waals surface area (Å²) in [5.74, 6) is 0.136. The molecule has 0 amide bonds. The molecule has 84 valence electrons. The molecule has 0 radical (unpaired) electrons. The monoisotopic (exact) mass is 305 g/mol. The van der Waals surface area contributed by atoms with Crippen LogP contribution in [-0.4, -0.2) is 11.6 Å². The first kappa shape index (κ1) is 11.5. The van der Waals surface area contributed by atoms with Crippen LogP contribution in [0.4, 0.5) is 8.78 Å². The Morgan fingerprint density at radius 1 is 1.38 bits per heavy atom. The minimum atomic E-state index is -2.81. The van der Waals surface area contributed by atoms with Crippen molar-refractivity contribution in [2.24, 2.45) is 0 Å². The Balaban J connectivity index is 2.28. The van der Waals surface area contributed by atoms with Crippen molar-refractivity contribution in [1.82, 2.24) is 4.98 Å². The lowest BCUT2D eigenvalue weighted by molar-refractivity contribution is -0.0498. The van der Waals surface area contributed by atoms with E-state index in [1.165, 1.54) is 23.5 Å². The number of ether oxygens (including phenoxy) is 1. The van der Waals surface area contributed by atoms with Gasteiger partial charge in [0.15, 0.2) is 3.92 Å². The third-order valence-corrected chi connectivity index (χ3v) is 3.20. The number of halogens is 3. The lowest BCUT2D eigenvalue weighted by Gasteiger charge is -2.05. The topological polar surface area (TPSA) is 22.1 Å². The Morgan fingerprint density at radius 3 is 2.81 bits per heavy atom. The molecule has 6 heteroatoms. The summed E-state index contributed by atoms with van der Waals surface area (Å²) in [7, 11) is 0. The van der Waals surface area contributed by atoms with Gasteiger partial charge in [0.2, 0.25) is 0 Å². The van der Waals surface area contributed by atoms with Gasteiger partial charge in [-0.05, 0) is 28.1 Å². The van der Waals surface area contributed by atoms with Gasteiger partial charge >= 0.3 is 6.61 Å². The summed E-state index contributed by atoms with van der Waals surface area (Å²) in [4.78, 5) is 4.19. The van der Waals surface area contributed by atoms with Crippen molar-refractivity contribution in [3.63, 3.8) is 0 Å². The maximum atomic E-state index is 12.0. The molecule has 0 N–H and O–H groups in total. The molecule has 16 heavy (non-hydrogen) atoms. The van der Waals surface area contributed by atoms with Crippen LogP contribution < -0.4 is 4.74 Å². The summed E-state index contributed by atoms with van der Waals surface area (Å²) in [6, 6.07) is 6.46. The van der Waals surface area contributed by atoms with Gasteiger partial charge in [0.25, 0.3) is 0 Å². The molecule has 0 saturated heterocycles. The second-order valence-electron chi connectivity index (χ2n) is 2.89. The number of hydrogen-bond acceptors (Lipinski definition) is 3. The molecule has 1 aromatic heterocycles. The number of rotatable bonds is 3. The van der Waals surface area contributed by atoms with Crippen LogP contribution in [0, 0.1) is 0 Å². The third-order valence-electron chi connectivity index (χ3n) is 1.83. The van der Waals surface area contributed by atoms with Gasteiger partial charge in [-0.2, -0.15) is 8.78 Å². The Bertz CT molecular complexity index is 489. The zero-order valence-corrected chi connectivity index (χ0v) is 10.3.